The number of nitrogens with zero attached hydrogens (tertiary/aromatic N) is 3. The zero-order valence-corrected chi connectivity index (χ0v) is 33.0. The number of carbonyl (C=O) groups excluding carboxylic acids is 1. The predicted octanol–water partition coefficient (Wildman–Crippen LogP) is 5.29. The minimum atomic E-state index is -3.96. The van der Waals surface area contributed by atoms with Crippen molar-refractivity contribution < 1.29 is 27.4 Å². The average Bonchev–Trinajstić information content (AvgIpc) is 3.28. The third kappa shape index (κ3) is 7.15. The van der Waals surface area contributed by atoms with Crippen LogP contribution in [0.3, 0.4) is 0 Å². The van der Waals surface area contributed by atoms with E-state index in [1.807, 2.05) is 32.2 Å². The number of piperazine rings is 1. The second kappa shape index (κ2) is 14.8. The molecule has 6 aliphatic rings. The number of rotatable bonds is 3. The van der Waals surface area contributed by atoms with Crippen LogP contribution in [0.2, 0.25) is 5.02 Å². The minimum Gasteiger partial charge on any atom is -0.490 e. The predicted molar refractivity (Wildman–Crippen MR) is 208 cm³/mol. The van der Waals surface area contributed by atoms with Crippen LogP contribution in [0.1, 0.15) is 67.4 Å². The third-order valence-corrected chi connectivity index (χ3v) is 15.8. The lowest BCUT2D eigenvalue weighted by Gasteiger charge is -2.53. The molecule has 3 fully saturated rings. The number of ether oxygens (including phenoxy) is 3. The Morgan fingerprint density at radius 1 is 1.08 bits per heavy atom. The molecule has 0 aromatic heterocycles. The maximum Gasteiger partial charge on any atom is 0.264 e. The van der Waals surface area contributed by atoms with Crippen molar-refractivity contribution in [1.82, 2.24) is 14.5 Å². The third-order valence-electron chi connectivity index (χ3n) is 13.6. The van der Waals surface area contributed by atoms with E-state index in [0.717, 1.165) is 102 Å². The average molecular weight is 767 g/mol. The van der Waals surface area contributed by atoms with Gasteiger partial charge in [0.1, 0.15) is 11.4 Å². The zero-order valence-electron chi connectivity index (χ0n) is 31.4. The number of amides is 1. The Labute approximate surface area is 320 Å². The van der Waals surface area contributed by atoms with Crippen molar-refractivity contribution in [2.75, 3.05) is 77.6 Å². The molecule has 12 heteroatoms. The number of benzene rings is 2. The molecular weight excluding hydrogens is 712 g/mol. The van der Waals surface area contributed by atoms with E-state index in [0.29, 0.717) is 36.3 Å². The van der Waals surface area contributed by atoms with Gasteiger partial charge in [0.05, 0.1) is 30.8 Å². The van der Waals surface area contributed by atoms with Crippen LogP contribution in [0, 0.1) is 17.8 Å². The molecule has 2 aliphatic carbocycles. The fourth-order valence-corrected chi connectivity index (χ4v) is 11.6. The van der Waals surface area contributed by atoms with E-state index >= 15 is 0 Å². The van der Waals surface area contributed by atoms with Crippen molar-refractivity contribution in [3.8, 4) is 5.75 Å². The van der Waals surface area contributed by atoms with Crippen molar-refractivity contribution in [1.29, 1.82) is 0 Å². The summed E-state index contributed by atoms with van der Waals surface area (Å²) < 4.78 is 49.0. The van der Waals surface area contributed by atoms with Crippen molar-refractivity contribution >= 4 is 33.2 Å². The van der Waals surface area contributed by atoms with Gasteiger partial charge >= 0.3 is 0 Å². The number of carbonyl (C=O) groups is 1. The number of nitrogens with one attached hydrogen (secondary N) is 1. The smallest absolute Gasteiger partial charge is 0.264 e. The van der Waals surface area contributed by atoms with Crippen LogP contribution < -0.4 is 14.4 Å². The monoisotopic (exact) mass is 766 g/mol. The highest BCUT2D eigenvalue weighted by molar-refractivity contribution is 7.90. The zero-order chi connectivity index (χ0) is 37.0. The van der Waals surface area contributed by atoms with Crippen LogP contribution in [0.25, 0.3) is 0 Å². The summed E-state index contributed by atoms with van der Waals surface area (Å²) in [5, 5.41) is -0.0335. The van der Waals surface area contributed by atoms with Gasteiger partial charge in [-0.05, 0) is 105 Å². The Balaban J connectivity index is 1.19. The first-order chi connectivity index (χ1) is 25.5. The summed E-state index contributed by atoms with van der Waals surface area (Å²) in [4.78, 5) is 21.2. The molecule has 1 amide bonds. The fraction of sp³-hybridized carbons (Fsp3) is 0.634. The molecule has 0 radical (unpaired) electrons. The largest absolute Gasteiger partial charge is 0.490 e. The molecule has 2 saturated heterocycles. The molecule has 2 bridgehead atoms. The number of hydrogen-bond donors (Lipinski definition) is 1. The molecule has 7 atom stereocenters. The summed E-state index contributed by atoms with van der Waals surface area (Å²) in [5.74, 6) is 0.458. The van der Waals surface area contributed by atoms with Crippen LogP contribution in [0.4, 0.5) is 5.69 Å². The van der Waals surface area contributed by atoms with E-state index in [2.05, 4.69) is 43.7 Å². The summed E-state index contributed by atoms with van der Waals surface area (Å²) in [7, 11) is -2.11. The second-order valence-electron chi connectivity index (χ2n) is 16.7. The van der Waals surface area contributed by atoms with Crippen molar-refractivity contribution in [3.05, 3.63) is 70.3 Å². The van der Waals surface area contributed by atoms with Gasteiger partial charge < -0.3 is 19.1 Å². The number of morpholine rings is 1. The molecule has 1 N–H and O–H groups in total. The Morgan fingerprint density at radius 2 is 1.94 bits per heavy atom. The molecule has 4 aliphatic heterocycles. The lowest BCUT2D eigenvalue weighted by molar-refractivity contribution is -0.108. The summed E-state index contributed by atoms with van der Waals surface area (Å²) in [6, 6.07) is 12.0. The lowest BCUT2D eigenvalue weighted by Crippen LogP contribution is -2.62. The number of sulfonamides is 1. The fourth-order valence-electron chi connectivity index (χ4n) is 10.1. The number of methoxy groups -OCH3 is 1. The van der Waals surface area contributed by atoms with Gasteiger partial charge in [-0.25, -0.2) is 13.1 Å². The Kier molecular flexibility index (Phi) is 10.4. The molecule has 2 aromatic rings. The normalized spacial score (nSPS) is 35.4. The van der Waals surface area contributed by atoms with E-state index in [-0.39, 0.29) is 17.3 Å². The summed E-state index contributed by atoms with van der Waals surface area (Å²) in [6.07, 6.45) is 10.1. The van der Waals surface area contributed by atoms with Gasteiger partial charge in [-0.1, -0.05) is 36.7 Å². The Bertz CT molecular complexity index is 1840. The highest BCUT2D eigenvalue weighted by Gasteiger charge is 2.50. The number of allylic oxidation sites excluding steroid dienone is 1. The van der Waals surface area contributed by atoms with E-state index < -0.39 is 26.8 Å². The summed E-state index contributed by atoms with van der Waals surface area (Å²) in [6.45, 7) is 11.9. The van der Waals surface area contributed by atoms with Gasteiger partial charge in [0.15, 0.2) is 0 Å². The number of fused-ring (bicyclic) bond motifs is 5. The summed E-state index contributed by atoms with van der Waals surface area (Å²) >= 11 is 6.51. The standard InChI is InChI=1S/C41H55ClN4O6S/c1-28-6-4-15-41(50-3,26-44-16-17-45-18-19-51-24-34(45)23-44)36-11-8-32(36)22-46-25-40(14-5-7-30-20-33(42)10-12-35(30)40)27-52-38-13-9-31(21-37(38)46)39(47)43-53(48,49)29(28)2/h4,9-10,12-13,15,20-21,28-29,32,34,36H,5-8,11,14,16-19,22-27H2,1-3H3,(H,43,47)/b15-4+/t28-,29+,32-,34+,36+,40-,41-/m0/s1. The molecule has 1 spiro atoms. The topological polar surface area (TPSA) is 101 Å². The van der Waals surface area contributed by atoms with Gasteiger partial charge in [0, 0.05) is 75.0 Å². The molecule has 53 heavy (non-hydrogen) atoms. The molecule has 8 rings (SSSR count). The molecule has 288 valence electrons. The van der Waals surface area contributed by atoms with E-state index in [1.54, 1.807) is 13.0 Å². The van der Waals surface area contributed by atoms with Gasteiger partial charge in [-0.15, -0.1) is 0 Å². The SMILES string of the molecule is CO[C@]1(CN2CCN3CCOC[C@H]3C2)/C=C/C[C@H](C)[C@@H](C)S(=O)(=O)NC(=O)c2ccc3c(c2)N(C[C@@H]2CC[C@H]21)C[C@@]1(CCCc2cc(Cl)ccc21)CO3. The molecule has 4 heterocycles. The first-order valence-corrected chi connectivity index (χ1v) is 21.6. The van der Waals surface area contributed by atoms with Crippen LogP contribution in [-0.4, -0.2) is 114 Å². The Hall–Kier alpha value is -2.67. The number of aryl methyl sites for hydroxylation is 1. The van der Waals surface area contributed by atoms with Crippen molar-refractivity contribution in [2.24, 2.45) is 17.8 Å². The van der Waals surface area contributed by atoms with Crippen LogP contribution >= 0.6 is 11.6 Å². The number of hydrogen-bond acceptors (Lipinski definition) is 9. The molecule has 2 aromatic carbocycles. The number of halogens is 1. The van der Waals surface area contributed by atoms with Gasteiger partial charge in [-0.3, -0.25) is 14.6 Å². The molecule has 10 nitrogen and oxygen atoms in total. The van der Waals surface area contributed by atoms with Gasteiger partial charge in [-0.2, -0.15) is 0 Å². The summed E-state index contributed by atoms with van der Waals surface area (Å²) in [5.41, 5.74) is 2.88. The van der Waals surface area contributed by atoms with Crippen molar-refractivity contribution in [2.45, 2.75) is 74.7 Å². The van der Waals surface area contributed by atoms with Gasteiger partial charge in [0.25, 0.3) is 5.91 Å². The minimum absolute atomic E-state index is 0.223. The quantitative estimate of drug-likeness (QED) is 0.419. The molecular formula is C41H55ClN4O6S. The van der Waals surface area contributed by atoms with Crippen LogP contribution in [0.15, 0.2) is 48.6 Å². The van der Waals surface area contributed by atoms with E-state index in [9.17, 15) is 13.2 Å². The number of anilines is 1. The molecule has 1 saturated carbocycles. The lowest BCUT2D eigenvalue weighted by atomic mass is 9.63. The first kappa shape index (κ1) is 37.3. The van der Waals surface area contributed by atoms with Crippen molar-refractivity contribution in [3.63, 3.8) is 0 Å². The molecule has 0 unspecified atom stereocenters. The first-order valence-electron chi connectivity index (χ1n) is 19.6. The highest BCUT2D eigenvalue weighted by Crippen LogP contribution is 2.49. The van der Waals surface area contributed by atoms with Crippen LogP contribution in [0.5, 0.6) is 5.75 Å². The highest BCUT2D eigenvalue weighted by atomic mass is 35.5. The maximum atomic E-state index is 13.7. The van der Waals surface area contributed by atoms with E-state index in [4.69, 9.17) is 25.8 Å². The maximum absolute atomic E-state index is 13.7. The van der Waals surface area contributed by atoms with Gasteiger partial charge in [0.2, 0.25) is 10.0 Å². The van der Waals surface area contributed by atoms with Crippen LogP contribution in [-0.2, 0) is 31.3 Å². The second-order valence-corrected chi connectivity index (χ2v) is 19.2. The van der Waals surface area contributed by atoms with E-state index in [1.165, 1.54) is 11.1 Å². The Morgan fingerprint density at radius 3 is 2.75 bits per heavy atom.